The number of carbonyl (C=O) groups excluding carboxylic acids is 1. The molecule has 4 radical (unpaired) electrons. The monoisotopic (exact) mass is 290 g/mol. The minimum atomic E-state index is 0. The minimum absolute atomic E-state index is 0. The minimum Gasteiger partial charge on any atom is -0.295 e. The zero-order valence-corrected chi connectivity index (χ0v) is 7.86. The maximum Gasteiger partial charge on any atom is 0.155 e. The Morgan fingerprint density at radius 3 is 2.43 bits per heavy atom. The van der Waals surface area contributed by atoms with Crippen LogP contribution in [0.2, 0.25) is 0 Å². The van der Waals surface area contributed by atoms with Crippen molar-refractivity contribution in [3.8, 4) is 0 Å². The van der Waals surface area contributed by atoms with Gasteiger partial charge in [-0.1, -0.05) is 6.08 Å². The van der Waals surface area contributed by atoms with Gasteiger partial charge in [0.15, 0.2) is 5.78 Å². The summed E-state index contributed by atoms with van der Waals surface area (Å²) in [5, 5.41) is 0. The third kappa shape index (κ3) is 2.21. The van der Waals surface area contributed by atoms with E-state index in [2.05, 4.69) is 0 Å². The Hall–Kier alpha value is 0.332. The van der Waals surface area contributed by atoms with Gasteiger partial charge >= 0.3 is 0 Å². The van der Waals surface area contributed by atoms with Crippen LogP contribution in [0, 0.1) is 0 Å². The molecule has 0 heterocycles. The van der Waals surface area contributed by atoms with Crippen molar-refractivity contribution in [2.24, 2.45) is 0 Å². The van der Waals surface area contributed by atoms with E-state index < -0.39 is 0 Å². The molecule has 7 heavy (non-hydrogen) atoms. The molecule has 0 aliphatic heterocycles. The van der Waals surface area contributed by atoms with E-state index >= 15 is 0 Å². The first-order valence-electron chi connectivity index (χ1n) is 2.09. The van der Waals surface area contributed by atoms with Gasteiger partial charge in [0.1, 0.15) is 0 Å². The Balaban J connectivity index is 0.000000360. The predicted molar refractivity (Wildman–Crippen MR) is 29.1 cm³/mol. The van der Waals surface area contributed by atoms with E-state index in [9.17, 15) is 4.79 Å². The standard InChI is InChI=1S/C5H6O.Pb/c6-5-3-1-2-4-5;/h1,3H,2,4H2;. The van der Waals surface area contributed by atoms with Crippen molar-refractivity contribution in [2.75, 3.05) is 0 Å². The molecule has 36 valence electrons. The molecule has 0 aromatic carbocycles. The Morgan fingerprint density at radius 1 is 1.57 bits per heavy atom. The Bertz CT molecular complexity index is 96.3. The fourth-order valence-electron chi connectivity index (χ4n) is 0.524. The van der Waals surface area contributed by atoms with Gasteiger partial charge in [-0.25, -0.2) is 0 Å². The van der Waals surface area contributed by atoms with Crippen LogP contribution in [-0.2, 0) is 4.79 Å². The molecule has 0 fully saturated rings. The van der Waals surface area contributed by atoms with Crippen LogP contribution in [-0.4, -0.2) is 33.1 Å². The molecule has 0 amide bonds. The van der Waals surface area contributed by atoms with Gasteiger partial charge in [0.05, 0.1) is 0 Å². The van der Waals surface area contributed by atoms with Crippen molar-refractivity contribution in [3.63, 3.8) is 0 Å². The fourth-order valence-corrected chi connectivity index (χ4v) is 0.524. The number of ketones is 1. The number of allylic oxidation sites excluding steroid dienone is 2. The number of carbonyl (C=O) groups is 1. The molecule has 0 saturated heterocycles. The zero-order valence-electron chi connectivity index (χ0n) is 3.98. The van der Waals surface area contributed by atoms with Gasteiger partial charge in [0, 0.05) is 33.7 Å². The summed E-state index contributed by atoms with van der Waals surface area (Å²) in [5.41, 5.74) is 0. The van der Waals surface area contributed by atoms with Crippen LogP contribution < -0.4 is 0 Å². The molecule has 2 heteroatoms. The van der Waals surface area contributed by atoms with E-state index in [0.717, 1.165) is 12.8 Å². The molecule has 0 N–H and O–H groups in total. The normalized spacial score (nSPS) is 16.9. The van der Waals surface area contributed by atoms with E-state index in [1.54, 1.807) is 6.08 Å². The molecule has 1 aliphatic carbocycles. The van der Waals surface area contributed by atoms with Crippen molar-refractivity contribution in [1.82, 2.24) is 0 Å². The molecule has 0 spiro atoms. The second kappa shape index (κ2) is 3.35. The first-order valence-corrected chi connectivity index (χ1v) is 2.09. The largest absolute Gasteiger partial charge is 0.295 e. The molecule has 0 saturated carbocycles. The van der Waals surface area contributed by atoms with Gasteiger partial charge in [-0.3, -0.25) is 4.79 Å². The summed E-state index contributed by atoms with van der Waals surface area (Å²) < 4.78 is 0. The summed E-state index contributed by atoms with van der Waals surface area (Å²) in [6.45, 7) is 0. The fraction of sp³-hybridized carbons (Fsp3) is 0.400. The van der Waals surface area contributed by atoms with Gasteiger partial charge < -0.3 is 0 Å². The average molecular weight is 289 g/mol. The third-order valence-corrected chi connectivity index (χ3v) is 0.861. The van der Waals surface area contributed by atoms with Crippen LogP contribution in [0.1, 0.15) is 12.8 Å². The van der Waals surface area contributed by atoms with E-state index in [1.165, 1.54) is 0 Å². The molecule has 1 rings (SSSR count). The summed E-state index contributed by atoms with van der Waals surface area (Å²) in [5.74, 6) is 0.273. The van der Waals surface area contributed by atoms with Crippen molar-refractivity contribution in [3.05, 3.63) is 12.2 Å². The summed E-state index contributed by atoms with van der Waals surface area (Å²) in [7, 11) is 0. The van der Waals surface area contributed by atoms with Gasteiger partial charge in [-0.2, -0.15) is 0 Å². The smallest absolute Gasteiger partial charge is 0.155 e. The molecule has 0 aromatic heterocycles. The first kappa shape index (κ1) is 7.33. The Kier molecular flexibility index (Phi) is 3.51. The van der Waals surface area contributed by atoms with Gasteiger partial charge in [-0.05, 0) is 12.5 Å². The summed E-state index contributed by atoms with van der Waals surface area (Å²) in [6.07, 6.45) is 5.24. The van der Waals surface area contributed by atoms with E-state index in [-0.39, 0.29) is 33.1 Å². The quantitative estimate of drug-likeness (QED) is 0.594. The van der Waals surface area contributed by atoms with Gasteiger partial charge in [0.25, 0.3) is 0 Å². The number of hydrogen-bond acceptors (Lipinski definition) is 1. The van der Waals surface area contributed by atoms with Crippen LogP contribution in [0.5, 0.6) is 0 Å². The molecular weight excluding hydrogens is 283 g/mol. The topological polar surface area (TPSA) is 17.1 Å². The molecular formula is C5H6OPb. The summed E-state index contributed by atoms with van der Waals surface area (Å²) >= 11 is 0. The van der Waals surface area contributed by atoms with Crippen LogP contribution in [0.15, 0.2) is 12.2 Å². The second-order valence-corrected chi connectivity index (χ2v) is 1.41. The molecule has 0 aromatic rings. The Labute approximate surface area is 62.9 Å². The Morgan fingerprint density at radius 2 is 2.29 bits per heavy atom. The van der Waals surface area contributed by atoms with Crippen LogP contribution in [0.4, 0.5) is 0 Å². The van der Waals surface area contributed by atoms with Crippen LogP contribution in [0.25, 0.3) is 0 Å². The van der Waals surface area contributed by atoms with Gasteiger partial charge in [-0.15, -0.1) is 0 Å². The van der Waals surface area contributed by atoms with E-state index in [4.69, 9.17) is 0 Å². The van der Waals surface area contributed by atoms with E-state index in [1.807, 2.05) is 6.08 Å². The zero-order chi connectivity index (χ0) is 4.41. The average Bonchev–Trinajstić information content (AvgIpc) is 1.86. The summed E-state index contributed by atoms with van der Waals surface area (Å²) in [6, 6.07) is 0. The van der Waals surface area contributed by atoms with Crippen molar-refractivity contribution in [2.45, 2.75) is 12.8 Å². The van der Waals surface area contributed by atoms with Crippen molar-refractivity contribution < 1.29 is 4.79 Å². The molecule has 1 aliphatic rings. The molecule has 0 bridgehead atoms. The second-order valence-electron chi connectivity index (χ2n) is 1.41. The predicted octanol–water partition coefficient (Wildman–Crippen LogP) is 0.525. The van der Waals surface area contributed by atoms with Gasteiger partial charge in [0.2, 0.25) is 0 Å². The maximum atomic E-state index is 10.2. The van der Waals surface area contributed by atoms with Crippen LogP contribution in [0.3, 0.4) is 0 Å². The number of hydrogen-bond donors (Lipinski definition) is 0. The molecule has 0 atom stereocenters. The van der Waals surface area contributed by atoms with E-state index in [0.29, 0.717) is 0 Å². The summed E-state index contributed by atoms with van der Waals surface area (Å²) in [4.78, 5) is 10.2. The SMILES string of the molecule is O=C1C=CCC1.[Pb]. The van der Waals surface area contributed by atoms with Crippen molar-refractivity contribution >= 4 is 33.1 Å². The molecule has 0 unspecified atom stereocenters. The first-order chi connectivity index (χ1) is 2.89. The number of rotatable bonds is 0. The maximum absolute atomic E-state index is 10.2. The molecule has 1 nitrogen and oxygen atoms in total. The third-order valence-electron chi connectivity index (χ3n) is 0.861. The van der Waals surface area contributed by atoms with Crippen LogP contribution >= 0.6 is 0 Å². The van der Waals surface area contributed by atoms with Crippen molar-refractivity contribution in [1.29, 1.82) is 0 Å².